The largest absolute Gasteiger partial charge is 0.358 e. The zero-order chi connectivity index (χ0) is 26.8. The lowest BCUT2D eigenvalue weighted by Crippen LogP contribution is -2.16. The molecule has 1 heterocycles. The number of aromatic nitrogens is 2. The Morgan fingerprint density at radius 1 is 1.06 bits per heavy atom. The van der Waals surface area contributed by atoms with Gasteiger partial charge in [0.05, 0.1) is 16.2 Å². The van der Waals surface area contributed by atoms with E-state index in [-0.39, 0.29) is 27.6 Å². The Labute approximate surface area is 210 Å². The van der Waals surface area contributed by atoms with Gasteiger partial charge in [-0.05, 0) is 70.4 Å². The van der Waals surface area contributed by atoms with Crippen LogP contribution in [0, 0.1) is 24.0 Å². The molecule has 0 N–H and O–H groups in total. The number of nitrogens with zero attached hydrogens (tertiary/aromatic N) is 3. The minimum Gasteiger partial charge on any atom is -0.358 e. The first kappa shape index (κ1) is 26.8. The van der Waals surface area contributed by atoms with Gasteiger partial charge in [0.15, 0.2) is 0 Å². The van der Waals surface area contributed by atoms with Crippen LogP contribution in [-0.2, 0) is 16.7 Å². The molecule has 36 heavy (non-hydrogen) atoms. The maximum Gasteiger partial charge on any atom is 0.340 e. The molecule has 0 amide bonds. The van der Waals surface area contributed by atoms with E-state index in [4.69, 9.17) is 4.18 Å². The van der Waals surface area contributed by atoms with Crippen molar-refractivity contribution in [2.75, 3.05) is 0 Å². The Morgan fingerprint density at radius 2 is 1.69 bits per heavy atom. The third kappa shape index (κ3) is 5.08. The average molecular weight is 512 g/mol. The number of allylic oxidation sites excluding steroid dienone is 2. The molecule has 3 rings (SSSR count). The summed E-state index contributed by atoms with van der Waals surface area (Å²) in [5.41, 5.74) is 2.74. The van der Waals surface area contributed by atoms with Gasteiger partial charge in [-0.25, -0.2) is 4.68 Å². The predicted octanol–water partition coefficient (Wildman–Crippen LogP) is 5.63. The fourth-order valence-electron chi connectivity index (χ4n) is 3.96. The molecule has 0 fully saturated rings. The van der Waals surface area contributed by atoms with Gasteiger partial charge in [-0.15, -0.1) is 0 Å². The minimum absolute atomic E-state index is 0.000659. The van der Waals surface area contributed by atoms with Crippen molar-refractivity contribution in [3.63, 3.8) is 0 Å². The second kappa shape index (κ2) is 10.4. The van der Waals surface area contributed by atoms with Gasteiger partial charge in [0.25, 0.3) is 5.69 Å². The number of carbonyl (C=O) groups is 1. The number of nitro benzene ring substituents is 1. The Bertz CT molecular complexity index is 1470. The summed E-state index contributed by atoms with van der Waals surface area (Å²) in [5.74, 6) is -0.704. The van der Waals surface area contributed by atoms with Crippen LogP contribution in [0.25, 0.3) is 5.57 Å². The van der Waals surface area contributed by atoms with E-state index < -0.39 is 20.8 Å². The average Bonchev–Trinajstić information content (AvgIpc) is 3.12. The van der Waals surface area contributed by atoms with Crippen molar-refractivity contribution in [3.05, 3.63) is 86.1 Å². The van der Waals surface area contributed by atoms with E-state index in [1.807, 2.05) is 20.8 Å². The zero-order valence-electron chi connectivity index (χ0n) is 21.2. The molecule has 10 heteroatoms. The number of hydrogen-bond acceptors (Lipinski definition) is 7. The van der Waals surface area contributed by atoms with Gasteiger partial charge in [-0.1, -0.05) is 30.7 Å². The highest BCUT2D eigenvalue weighted by Crippen LogP contribution is 2.36. The number of nitro groups is 1. The molecule has 0 atom stereocenters. The molecule has 3 aromatic rings. The van der Waals surface area contributed by atoms with Crippen molar-refractivity contribution in [2.45, 2.75) is 59.4 Å². The standard InChI is InChI=1S/C26H29N3O6S/c1-7-15-28-26(35-36(33,34)20-11-9-8-10-12-20)24(19(6)27-28)25(30)21-13-14-22(29(31)32)23(18(21)5)17(4)16(2)3/h8-14H,7,15H2,1-6H3. The fourth-order valence-corrected chi connectivity index (χ4v) is 4.93. The summed E-state index contributed by atoms with van der Waals surface area (Å²) in [7, 11) is -4.25. The Kier molecular flexibility index (Phi) is 7.78. The van der Waals surface area contributed by atoms with Crippen LogP contribution in [-0.4, -0.2) is 28.9 Å². The van der Waals surface area contributed by atoms with E-state index in [0.717, 1.165) is 5.57 Å². The zero-order valence-corrected chi connectivity index (χ0v) is 22.0. The maximum absolute atomic E-state index is 13.9. The van der Waals surface area contributed by atoms with Crippen LogP contribution < -0.4 is 4.18 Å². The van der Waals surface area contributed by atoms with Crippen molar-refractivity contribution < 1.29 is 22.3 Å². The van der Waals surface area contributed by atoms with Crippen molar-refractivity contribution in [1.29, 1.82) is 0 Å². The molecule has 0 saturated carbocycles. The van der Waals surface area contributed by atoms with E-state index in [1.165, 1.54) is 28.9 Å². The molecule has 0 aliphatic heterocycles. The topological polar surface area (TPSA) is 121 Å². The van der Waals surface area contributed by atoms with E-state index in [1.54, 1.807) is 39.0 Å². The Morgan fingerprint density at radius 3 is 2.25 bits per heavy atom. The normalized spacial score (nSPS) is 11.3. The van der Waals surface area contributed by atoms with E-state index in [0.29, 0.717) is 35.4 Å². The lowest BCUT2D eigenvalue weighted by atomic mass is 9.90. The van der Waals surface area contributed by atoms with Gasteiger partial charge in [0.2, 0.25) is 11.7 Å². The van der Waals surface area contributed by atoms with Gasteiger partial charge in [-0.2, -0.15) is 13.5 Å². The summed E-state index contributed by atoms with van der Waals surface area (Å²) in [6.07, 6.45) is 0.622. The highest BCUT2D eigenvalue weighted by molar-refractivity contribution is 7.87. The van der Waals surface area contributed by atoms with Gasteiger partial charge in [0.1, 0.15) is 10.5 Å². The SMILES string of the molecule is CCCn1nc(C)c(C(=O)c2ccc([N+](=O)[O-])c(C(C)=C(C)C)c2C)c1OS(=O)(=O)c1ccccc1. The summed E-state index contributed by atoms with van der Waals surface area (Å²) in [6.45, 7) is 10.9. The molecule has 0 aliphatic rings. The first-order chi connectivity index (χ1) is 16.9. The van der Waals surface area contributed by atoms with Crippen LogP contribution >= 0.6 is 0 Å². The van der Waals surface area contributed by atoms with Crippen molar-refractivity contribution in [2.24, 2.45) is 0 Å². The number of benzene rings is 2. The van der Waals surface area contributed by atoms with Gasteiger partial charge in [-0.3, -0.25) is 14.9 Å². The van der Waals surface area contributed by atoms with Crippen molar-refractivity contribution >= 4 is 27.2 Å². The number of rotatable bonds is 9. The van der Waals surface area contributed by atoms with Crippen LogP contribution in [0.4, 0.5) is 5.69 Å². The molecule has 2 aromatic carbocycles. The quantitative estimate of drug-likeness (QED) is 0.158. The van der Waals surface area contributed by atoms with Crippen LogP contribution in [0.1, 0.15) is 66.9 Å². The number of carbonyl (C=O) groups excluding carboxylic acids is 1. The minimum atomic E-state index is -4.25. The molecule has 0 radical (unpaired) electrons. The molecule has 0 bridgehead atoms. The van der Waals surface area contributed by atoms with E-state index in [9.17, 15) is 23.3 Å². The van der Waals surface area contributed by atoms with Crippen LogP contribution in [0.5, 0.6) is 5.88 Å². The van der Waals surface area contributed by atoms with Crippen molar-refractivity contribution in [1.82, 2.24) is 9.78 Å². The van der Waals surface area contributed by atoms with Gasteiger partial charge < -0.3 is 4.18 Å². The number of aryl methyl sites for hydroxylation is 2. The second-order valence-corrected chi connectivity index (χ2v) is 10.2. The summed E-state index contributed by atoms with van der Waals surface area (Å²) >= 11 is 0. The van der Waals surface area contributed by atoms with Gasteiger partial charge >= 0.3 is 10.1 Å². The Hall–Kier alpha value is -3.79. The molecule has 0 aliphatic carbocycles. The molecule has 9 nitrogen and oxygen atoms in total. The first-order valence-corrected chi connectivity index (χ1v) is 12.9. The fraction of sp³-hybridized carbons (Fsp3) is 0.308. The number of hydrogen-bond donors (Lipinski definition) is 0. The lowest BCUT2D eigenvalue weighted by Gasteiger charge is -2.14. The maximum atomic E-state index is 13.9. The Balaban J connectivity index is 2.23. The molecule has 0 unspecified atom stereocenters. The van der Waals surface area contributed by atoms with E-state index in [2.05, 4.69) is 5.10 Å². The summed E-state index contributed by atoms with van der Waals surface area (Å²) in [4.78, 5) is 25.1. The summed E-state index contributed by atoms with van der Waals surface area (Å²) in [6, 6.07) is 10.3. The lowest BCUT2D eigenvalue weighted by molar-refractivity contribution is -0.385. The van der Waals surface area contributed by atoms with Crippen molar-refractivity contribution in [3.8, 4) is 5.88 Å². The first-order valence-electron chi connectivity index (χ1n) is 11.4. The van der Waals surface area contributed by atoms with Crippen LogP contribution in [0.15, 0.2) is 52.9 Å². The molecular formula is C26H29N3O6S. The van der Waals surface area contributed by atoms with Crippen LogP contribution in [0.2, 0.25) is 0 Å². The van der Waals surface area contributed by atoms with Crippen LogP contribution in [0.3, 0.4) is 0 Å². The summed E-state index contributed by atoms with van der Waals surface area (Å²) < 4.78 is 32.9. The molecule has 190 valence electrons. The third-order valence-corrected chi connectivity index (χ3v) is 7.20. The number of ketones is 1. The molecule has 0 spiro atoms. The third-order valence-electron chi connectivity index (χ3n) is 5.97. The summed E-state index contributed by atoms with van der Waals surface area (Å²) in [5, 5.41) is 16.1. The molecule has 1 aromatic heterocycles. The van der Waals surface area contributed by atoms with E-state index >= 15 is 0 Å². The smallest absolute Gasteiger partial charge is 0.340 e. The van der Waals surface area contributed by atoms with Gasteiger partial charge in [0, 0.05) is 18.2 Å². The second-order valence-electron chi connectivity index (χ2n) is 8.68. The monoisotopic (exact) mass is 511 g/mol. The highest BCUT2D eigenvalue weighted by Gasteiger charge is 2.31. The molecule has 0 saturated heterocycles. The highest BCUT2D eigenvalue weighted by atomic mass is 32.2. The molecular weight excluding hydrogens is 482 g/mol. The predicted molar refractivity (Wildman–Crippen MR) is 137 cm³/mol.